The predicted molar refractivity (Wildman–Crippen MR) is 56.0 cm³/mol. The zero-order valence-electron chi connectivity index (χ0n) is 7.26. The zero-order chi connectivity index (χ0) is 8.97. The van der Waals surface area contributed by atoms with Crippen LogP contribution in [-0.2, 0) is 0 Å². The fourth-order valence-electron chi connectivity index (χ4n) is 1.24. The molecule has 1 nitrogen and oxygen atoms in total. The van der Waals surface area contributed by atoms with Gasteiger partial charge < -0.3 is 5.73 Å². The van der Waals surface area contributed by atoms with Gasteiger partial charge in [0.25, 0.3) is 0 Å². The fraction of sp³-hybridized carbons (Fsp3) is 0.400. The molecule has 0 fully saturated rings. The molecule has 66 valence electrons. The summed E-state index contributed by atoms with van der Waals surface area (Å²) in [6.45, 7) is 2.15. The van der Waals surface area contributed by atoms with Crippen LogP contribution in [0.15, 0.2) is 28.7 Å². The molecule has 0 saturated carbocycles. The van der Waals surface area contributed by atoms with E-state index in [9.17, 15) is 0 Å². The molecule has 12 heavy (non-hydrogen) atoms. The topological polar surface area (TPSA) is 26.0 Å². The van der Waals surface area contributed by atoms with Crippen molar-refractivity contribution in [3.8, 4) is 0 Å². The number of hydrogen-bond acceptors (Lipinski definition) is 1. The van der Waals surface area contributed by atoms with Gasteiger partial charge >= 0.3 is 0 Å². The Labute approximate surface area is 82.1 Å². The molecule has 0 radical (unpaired) electrons. The maximum atomic E-state index is 5.98. The van der Waals surface area contributed by atoms with Gasteiger partial charge in [0, 0.05) is 10.5 Å². The Morgan fingerprint density at radius 3 is 2.67 bits per heavy atom. The minimum atomic E-state index is 0.172. The van der Waals surface area contributed by atoms with Gasteiger partial charge in [-0.2, -0.15) is 0 Å². The summed E-state index contributed by atoms with van der Waals surface area (Å²) in [5, 5.41) is 0. The van der Waals surface area contributed by atoms with Crippen LogP contribution in [0.1, 0.15) is 31.4 Å². The zero-order valence-corrected chi connectivity index (χ0v) is 8.84. The number of hydrogen-bond donors (Lipinski definition) is 1. The molecular formula is C10H14BrN. The van der Waals surface area contributed by atoms with Crippen LogP contribution in [0.25, 0.3) is 0 Å². The Morgan fingerprint density at radius 1 is 1.42 bits per heavy atom. The summed E-state index contributed by atoms with van der Waals surface area (Å²) in [6.07, 6.45) is 2.17. The third-order valence-corrected chi connectivity index (χ3v) is 2.63. The van der Waals surface area contributed by atoms with Gasteiger partial charge in [-0.25, -0.2) is 0 Å². The summed E-state index contributed by atoms with van der Waals surface area (Å²) in [5.74, 6) is 0. The highest BCUT2D eigenvalue weighted by Gasteiger charge is 2.06. The Morgan fingerprint density at radius 2 is 2.08 bits per heavy atom. The van der Waals surface area contributed by atoms with Gasteiger partial charge in [-0.05, 0) is 18.1 Å². The van der Waals surface area contributed by atoms with Gasteiger partial charge in [0.2, 0.25) is 0 Å². The summed E-state index contributed by atoms with van der Waals surface area (Å²) < 4.78 is 1.12. The normalized spacial score (nSPS) is 12.9. The monoisotopic (exact) mass is 227 g/mol. The van der Waals surface area contributed by atoms with Crippen molar-refractivity contribution in [3.05, 3.63) is 34.3 Å². The Balaban J connectivity index is 2.79. The first-order chi connectivity index (χ1) is 5.75. The van der Waals surface area contributed by atoms with Crippen molar-refractivity contribution in [2.24, 2.45) is 5.73 Å². The molecule has 1 aromatic rings. The highest BCUT2D eigenvalue weighted by molar-refractivity contribution is 9.10. The average Bonchev–Trinajstić information content (AvgIpc) is 2.05. The SMILES string of the molecule is CCCC(N)c1ccccc1Br. The quantitative estimate of drug-likeness (QED) is 0.844. The van der Waals surface area contributed by atoms with Crippen LogP contribution < -0.4 is 5.73 Å². The standard InChI is InChI=1S/C10H14BrN/c1-2-5-10(12)8-6-3-4-7-9(8)11/h3-4,6-7,10H,2,5,12H2,1H3. The fourth-order valence-corrected chi connectivity index (χ4v) is 1.82. The van der Waals surface area contributed by atoms with Gasteiger partial charge in [-0.15, -0.1) is 0 Å². The van der Waals surface area contributed by atoms with Crippen LogP contribution in [-0.4, -0.2) is 0 Å². The molecule has 0 amide bonds. The highest BCUT2D eigenvalue weighted by Crippen LogP contribution is 2.23. The van der Waals surface area contributed by atoms with E-state index < -0.39 is 0 Å². The molecule has 0 bridgehead atoms. The van der Waals surface area contributed by atoms with E-state index in [1.165, 1.54) is 5.56 Å². The highest BCUT2D eigenvalue weighted by atomic mass is 79.9. The minimum Gasteiger partial charge on any atom is -0.324 e. The maximum absolute atomic E-state index is 5.98. The summed E-state index contributed by atoms with van der Waals surface area (Å²) in [6, 6.07) is 8.31. The summed E-state index contributed by atoms with van der Waals surface area (Å²) >= 11 is 3.49. The molecule has 2 N–H and O–H groups in total. The van der Waals surface area contributed by atoms with E-state index in [0.29, 0.717) is 0 Å². The lowest BCUT2D eigenvalue weighted by Gasteiger charge is -2.11. The molecule has 0 aromatic heterocycles. The number of nitrogens with two attached hydrogens (primary N) is 1. The number of halogens is 1. The van der Waals surface area contributed by atoms with Gasteiger partial charge in [-0.1, -0.05) is 47.5 Å². The van der Waals surface area contributed by atoms with Crippen LogP contribution in [0.2, 0.25) is 0 Å². The van der Waals surface area contributed by atoms with E-state index in [0.717, 1.165) is 17.3 Å². The van der Waals surface area contributed by atoms with Gasteiger partial charge in [0.1, 0.15) is 0 Å². The number of rotatable bonds is 3. The van der Waals surface area contributed by atoms with Crippen molar-refractivity contribution in [1.29, 1.82) is 0 Å². The molecule has 2 heteroatoms. The summed E-state index contributed by atoms with van der Waals surface area (Å²) in [4.78, 5) is 0. The van der Waals surface area contributed by atoms with Crippen molar-refractivity contribution in [2.45, 2.75) is 25.8 Å². The Kier molecular flexibility index (Phi) is 3.76. The first kappa shape index (κ1) is 9.75. The molecule has 1 rings (SSSR count). The molecule has 1 unspecified atom stereocenters. The van der Waals surface area contributed by atoms with Crippen molar-refractivity contribution in [2.75, 3.05) is 0 Å². The minimum absolute atomic E-state index is 0.172. The van der Waals surface area contributed by atoms with Crippen molar-refractivity contribution in [1.82, 2.24) is 0 Å². The largest absolute Gasteiger partial charge is 0.324 e. The first-order valence-electron chi connectivity index (χ1n) is 4.25. The molecule has 1 aromatic carbocycles. The lowest BCUT2D eigenvalue weighted by Crippen LogP contribution is -2.09. The molecule has 0 saturated heterocycles. The molecule has 0 aliphatic rings. The second kappa shape index (κ2) is 4.63. The average molecular weight is 228 g/mol. The molecule has 0 aliphatic heterocycles. The van der Waals surface area contributed by atoms with Crippen LogP contribution in [0.5, 0.6) is 0 Å². The first-order valence-corrected chi connectivity index (χ1v) is 5.05. The van der Waals surface area contributed by atoms with Crippen LogP contribution in [0, 0.1) is 0 Å². The lowest BCUT2D eigenvalue weighted by atomic mass is 10.0. The summed E-state index contributed by atoms with van der Waals surface area (Å²) in [5.41, 5.74) is 7.18. The van der Waals surface area contributed by atoms with E-state index >= 15 is 0 Å². The van der Waals surface area contributed by atoms with Crippen LogP contribution >= 0.6 is 15.9 Å². The Bertz CT molecular complexity index is 247. The van der Waals surface area contributed by atoms with Crippen molar-refractivity contribution >= 4 is 15.9 Å². The maximum Gasteiger partial charge on any atom is 0.0305 e. The molecule has 0 spiro atoms. The van der Waals surface area contributed by atoms with Crippen molar-refractivity contribution in [3.63, 3.8) is 0 Å². The van der Waals surface area contributed by atoms with E-state index in [2.05, 4.69) is 28.9 Å². The third-order valence-electron chi connectivity index (χ3n) is 1.90. The van der Waals surface area contributed by atoms with E-state index in [1.54, 1.807) is 0 Å². The van der Waals surface area contributed by atoms with Crippen LogP contribution in [0.4, 0.5) is 0 Å². The molecule has 0 heterocycles. The Hall–Kier alpha value is -0.340. The second-order valence-electron chi connectivity index (χ2n) is 2.92. The van der Waals surface area contributed by atoms with Gasteiger partial charge in [0.05, 0.1) is 0 Å². The lowest BCUT2D eigenvalue weighted by molar-refractivity contribution is 0.636. The molecule has 0 aliphatic carbocycles. The molecule has 1 atom stereocenters. The van der Waals surface area contributed by atoms with E-state index in [4.69, 9.17) is 5.73 Å². The van der Waals surface area contributed by atoms with Crippen LogP contribution in [0.3, 0.4) is 0 Å². The third kappa shape index (κ3) is 2.32. The van der Waals surface area contributed by atoms with E-state index in [1.807, 2.05) is 18.2 Å². The number of benzene rings is 1. The smallest absolute Gasteiger partial charge is 0.0305 e. The van der Waals surface area contributed by atoms with Gasteiger partial charge in [0.15, 0.2) is 0 Å². The van der Waals surface area contributed by atoms with Gasteiger partial charge in [-0.3, -0.25) is 0 Å². The summed E-state index contributed by atoms with van der Waals surface area (Å²) in [7, 11) is 0. The van der Waals surface area contributed by atoms with E-state index in [-0.39, 0.29) is 6.04 Å². The second-order valence-corrected chi connectivity index (χ2v) is 3.77. The predicted octanol–water partition coefficient (Wildman–Crippen LogP) is 3.25. The van der Waals surface area contributed by atoms with Crippen molar-refractivity contribution < 1.29 is 0 Å². The molecular weight excluding hydrogens is 214 g/mol.